The highest BCUT2D eigenvalue weighted by molar-refractivity contribution is 9.10. The Hall–Kier alpha value is -1.99. The van der Waals surface area contributed by atoms with Gasteiger partial charge in [0.25, 0.3) is 5.91 Å². The van der Waals surface area contributed by atoms with Crippen LogP contribution in [0.4, 0.5) is 5.69 Å². The second kappa shape index (κ2) is 7.49. The van der Waals surface area contributed by atoms with Crippen LogP contribution in [0.25, 0.3) is 0 Å². The lowest BCUT2D eigenvalue weighted by Crippen LogP contribution is -2.11. The Labute approximate surface area is 158 Å². The summed E-state index contributed by atoms with van der Waals surface area (Å²) in [5, 5.41) is 7.35. The molecular weight excluding hydrogens is 402 g/mol. The van der Waals surface area contributed by atoms with Crippen molar-refractivity contribution in [3.05, 3.63) is 63.8 Å². The largest absolute Gasteiger partial charge is 0.454 e. The molecule has 0 saturated carbocycles. The third-order valence-electron chi connectivity index (χ3n) is 3.84. The van der Waals surface area contributed by atoms with Crippen molar-refractivity contribution in [1.82, 2.24) is 9.78 Å². The lowest BCUT2D eigenvalue weighted by atomic mass is 10.3. The van der Waals surface area contributed by atoms with E-state index in [0.717, 1.165) is 26.4 Å². The minimum Gasteiger partial charge on any atom is -0.454 e. The van der Waals surface area contributed by atoms with Gasteiger partial charge in [0.05, 0.1) is 28.1 Å². The van der Waals surface area contributed by atoms with Crippen molar-refractivity contribution in [2.75, 3.05) is 11.6 Å². The van der Waals surface area contributed by atoms with Crippen molar-refractivity contribution in [2.45, 2.75) is 25.3 Å². The summed E-state index contributed by atoms with van der Waals surface area (Å²) in [5.74, 6) is 0.704. The number of halogens is 1. The molecule has 0 fully saturated rings. The molecule has 7 heteroatoms. The summed E-state index contributed by atoms with van der Waals surface area (Å²) in [4.78, 5) is 13.4. The first kappa shape index (κ1) is 17.8. The Kier molecular flexibility index (Phi) is 5.34. The van der Waals surface area contributed by atoms with Crippen LogP contribution in [0.1, 0.15) is 27.7 Å². The predicted octanol–water partition coefficient (Wildman–Crippen LogP) is 4.88. The van der Waals surface area contributed by atoms with E-state index in [-0.39, 0.29) is 11.7 Å². The number of amides is 1. The molecule has 0 bridgehead atoms. The summed E-state index contributed by atoms with van der Waals surface area (Å²) >= 11 is 5.10. The number of hydrogen-bond acceptors (Lipinski definition) is 4. The summed E-state index contributed by atoms with van der Waals surface area (Å²) in [6.45, 7) is 4.41. The first-order valence-corrected chi connectivity index (χ1v) is 9.74. The van der Waals surface area contributed by atoms with Crippen molar-refractivity contribution in [3.8, 4) is 0 Å². The van der Waals surface area contributed by atoms with Gasteiger partial charge in [0.15, 0.2) is 5.76 Å². The first-order chi connectivity index (χ1) is 12.0. The Morgan fingerprint density at radius 3 is 2.72 bits per heavy atom. The number of benzene rings is 1. The van der Waals surface area contributed by atoms with Crippen LogP contribution in [0.2, 0.25) is 0 Å². The fourth-order valence-electron chi connectivity index (χ4n) is 2.49. The van der Waals surface area contributed by atoms with Gasteiger partial charge in [0.1, 0.15) is 5.76 Å². The molecule has 2 heterocycles. The molecule has 25 heavy (non-hydrogen) atoms. The maximum absolute atomic E-state index is 12.4. The van der Waals surface area contributed by atoms with E-state index in [4.69, 9.17) is 4.42 Å². The number of carbonyl (C=O) groups excluding carboxylic acids is 1. The van der Waals surface area contributed by atoms with E-state index >= 15 is 0 Å². The molecule has 3 rings (SSSR count). The molecular formula is C18H18BrN3O2S. The number of aromatic nitrogens is 2. The van der Waals surface area contributed by atoms with Gasteiger partial charge < -0.3 is 9.73 Å². The molecule has 1 aromatic carbocycles. The monoisotopic (exact) mass is 419 g/mol. The van der Waals surface area contributed by atoms with Crippen LogP contribution in [0.5, 0.6) is 0 Å². The zero-order valence-electron chi connectivity index (χ0n) is 14.2. The molecule has 5 nitrogen and oxygen atoms in total. The standard InChI is InChI=1S/C18H18BrN3O2S/c1-11-17(19)12(2)22(21-11)10-13-8-9-15(24-13)18(23)20-14-6-4-5-7-16(14)25-3/h4-9H,10H2,1-3H3,(H,20,23). The number of thioether (sulfide) groups is 1. The van der Waals surface area contributed by atoms with Crippen LogP contribution >= 0.6 is 27.7 Å². The molecule has 1 N–H and O–H groups in total. The van der Waals surface area contributed by atoms with Crippen LogP contribution in [-0.4, -0.2) is 21.9 Å². The number of nitrogens with zero attached hydrogens (tertiary/aromatic N) is 2. The number of nitrogens with one attached hydrogen (secondary N) is 1. The molecule has 0 radical (unpaired) electrons. The van der Waals surface area contributed by atoms with E-state index in [1.807, 2.05) is 49.1 Å². The van der Waals surface area contributed by atoms with Crippen molar-refractivity contribution in [1.29, 1.82) is 0 Å². The Morgan fingerprint density at radius 1 is 1.28 bits per heavy atom. The third-order valence-corrected chi connectivity index (χ3v) is 5.78. The lowest BCUT2D eigenvalue weighted by Gasteiger charge is -2.07. The Morgan fingerprint density at radius 2 is 2.04 bits per heavy atom. The SMILES string of the molecule is CSc1ccccc1NC(=O)c1ccc(Cn2nc(C)c(Br)c2C)o1. The minimum absolute atomic E-state index is 0.262. The van der Waals surface area contributed by atoms with Crippen LogP contribution < -0.4 is 5.32 Å². The fraction of sp³-hybridized carbons (Fsp3) is 0.222. The number of carbonyl (C=O) groups is 1. The normalized spacial score (nSPS) is 10.9. The molecule has 0 unspecified atom stereocenters. The number of anilines is 1. The molecule has 3 aromatic rings. The predicted molar refractivity (Wildman–Crippen MR) is 103 cm³/mol. The average molecular weight is 420 g/mol. The Balaban J connectivity index is 1.74. The number of aryl methyl sites for hydroxylation is 1. The van der Waals surface area contributed by atoms with Crippen LogP contribution in [0.3, 0.4) is 0 Å². The van der Waals surface area contributed by atoms with E-state index in [9.17, 15) is 4.79 Å². The Bertz CT molecular complexity index is 917. The van der Waals surface area contributed by atoms with Gasteiger partial charge in [-0.3, -0.25) is 9.48 Å². The zero-order chi connectivity index (χ0) is 18.0. The second-order valence-corrected chi connectivity index (χ2v) is 7.20. The van der Waals surface area contributed by atoms with Crippen molar-refractivity contribution < 1.29 is 9.21 Å². The van der Waals surface area contributed by atoms with Gasteiger partial charge in [-0.05, 0) is 60.3 Å². The summed E-state index contributed by atoms with van der Waals surface area (Å²) in [6, 6.07) is 11.2. The smallest absolute Gasteiger partial charge is 0.291 e. The molecule has 0 aliphatic heterocycles. The van der Waals surface area contributed by atoms with E-state index in [1.54, 1.807) is 23.9 Å². The van der Waals surface area contributed by atoms with E-state index in [0.29, 0.717) is 12.3 Å². The van der Waals surface area contributed by atoms with Crippen molar-refractivity contribution in [3.63, 3.8) is 0 Å². The third kappa shape index (κ3) is 3.82. The van der Waals surface area contributed by atoms with Gasteiger partial charge in [-0.15, -0.1) is 11.8 Å². The molecule has 0 atom stereocenters. The van der Waals surface area contributed by atoms with Crippen molar-refractivity contribution >= 4 is 39.3 Å². The maximum Gasteiger partial charge on any atom is 0.291 e. The topological polar surface area (TPSA) is 60.1 Å². The summed E-state index contributed by atoms with van der Waals surface area (Å²) in [6.07, 6.45) is 1.97. The van der Waals surface area contributed by atoms with Gasteiger partial charge in [-0.1, -0.05) is 12.1 Å². The maximum atomic E-state index is 12.4. The van der Waals surface area contributed by atoms with Crippen LogP contribution in [0.15, 0.2) is 50.2 Å². The lowest BCUT2D eigenvalue weighted by molar-refractivity contribution is 0.0994. The molecule has 0 aliphatic rings. The molecule has 1 amide bonds. The highest BCUT2D eigenvalue weighted by atomic mass is 79.9. The first-order valence-electron chi connectivity index (χ1n) is 7.72. The molecule has 2 aromatic heterocycles. The summed E-state index contributed by atoms with van der Waals surface area (Å²) in [7, 11) is 0. The highest BCUT2D eigenvalue weighted by Crippen LogP contribution is 2.25. The number of rotatable bonds is 5. The van der Waals surface area contributed by atoms with Gasteiger partial charge >= 0.3 is 0 Å². The van der Waals surface area contributed by atoms with Crippen LogP contribution in [0, 0.1) is 13.8 Å². The van der Waals surface area contributed by atoms with Gasteiger partial charge in [-0.2, -0.15) is 5.10 Å². The summed E-state index contributed by atoms with van der Waals surface area (Å²) in [5.41, 5.74) is 2.73. The van der Waals surface area contributed by atoms with E-state index in [1.165, 1.54) is 0 Å². The van der Waals surface area contributed by atoms with Crippen molar-refractivity contribution in [2.24, 2.45) is 0 Å². The fourth-order valence-corrected chi connectivity index (χ4v) is 3.33. The van der Waals surface area contributed by atoms with Gasteiger partial charge in [0.2, 0.25) is 0 Å². The summed E-state index contributed by atoms with van der Waals surface area (Å²) < 4.78 is 8.55. The molecule has 130 valence electrons. The highest BCUT2D eigenvalue weighted by Gasteiger charge is 2.15. The zero-order valence-corrected chi connectivity index (χ0v) is 16.6. The average Bonchev–Trinajstić information content (AvgIpc) is 3.17. The van der Waals surface area contributed by atoms with Gasteiger partial charge in [-0.25, -0.2) is 0 Å². The molecule has 0 saturated heterocycles. The quantitative estimate of drug-likeness (QED) is 0.598. The number of hydrogen-bond donors (Lipinski definition) is 1. The van der Waals surface area contributed by atoms with Gasteiger partial charge in [0, 0.05) is 4.90 Å². The second-order valence-electron chi connectivity index (χ2n) is 5.56. The van der Waals surface area contributed by atoms with E-state index < -0.39 is 0 Å². The minimum atomic E-state index is -0.262. The number of para-hydroxylation sites is 1. The molecule has 0 aliphatic carbocycles. The van der Waals surface area contributed by atoms with Crippen LogP contribution in [-0.2, 0) is 6.54 Å². The number of furan rings is 1. The molecule has 0 spiro atoms. The van der Waals surface area contributed by atoms with E-state index in [2.05, 4.69) is 26.3 Å².